The molecule has 0 aliphatic heterocycles. The first-order valence-corrected chi connectivity index (χ1v) is 7.91. The fourth-order valence-electron chi connectivity index (χ4n) is 2.06. The summed E-state index contributed by atoms with van der Waals surface area (Å²) in [5.41, 5.74) is 3.13. The van der Waals surface area contributed by atoms with Gasteiger partial charge in [-0.1, -0.05) is 15.9 Å². The van der Waals surface area contributed by atoms with Crippen LogP contribution in [0.25, 0.3) is 0 Å². The van der Waals surface area contributed by atoms with Gasteiger partial charge >= 0.3 is 6.01 Å². The second kappa shape index (κ2) is 6.12. The molecule has 0 radical (unpaired) electrons. The lowest BCUT2D eigenvalue weighted by atomic mass is 10.2. The van der Waals surface area contributed by atoms with Crippen LogP contribution in [0.5, 0.6) is 11.8 Å². The maximum atomic E-state index is 5.77. The molecule has 1 heterocycles. The molecule has 5 heteroatoms. The second-order valence-electron chi connectivity index (χ2n) is 5.43. The van der Waals surface area contributed by atoms with Gasteiger partial charge in [-0.15, -0.1) is 0 Å². The minimum absolute atomic E-state index is 0.396. The summed E-state index contributed by atoms with van der Waals surface area (Å²) < 4.78 is 6.81. The highest BCUT2D eigenvalue weighted by Gasteiger charge is 2.20. The third-order valence-corrected chi connectivity index (χ3v) is 4.05. The highest BCUT2D eigenvalue weighted by atomic mass is 79.9. The van der Waals surface area contributed by atoms with E-state index in [2.05, 4.69) is 31.2 Å². The van der Waals surface area contributed by atoms with Gasteiger partial charge in [-0.2, -0.15) is 4.98 Å². The van der Waals surface area contributed by atoms with Crippen molar-refractivity contribution in [1.29, 1.82) is 0 Å². The Labute approximate surface area is 133 Å². The Morgan fingerprint density at radius 2 is 2.14 bits per heavy atom. The number of hydrogen-bond acceptors (Lipinski definition) is 4. The average molecular weight is 348 g/mol. The first-order valence-electron chi connectivity index (χ1n) is 7.12. The molecule has 0 amide bonds. The number of ether oxygens (including phenoxy) is 1. The van der Waals surface area contributed by atoms with Crippen LogP contribution in [-0.4, -0.2) is 16.0 Å². The van der Waals surface area contributed by atoms with E-state index in [1.807, 2.05) is 38.2 Å². The Bertz CT molecular complexity index is 656. The van der Waals surface area contributed by atoms with Gasteiger partial charge in [0.1, 0.15) is 5.75 Å². The van der Waals surface area contributed by atoms with Gasteiger partial charge in [0.05, 0.1) is 0 Å². The van der Waals surface area contributed by atoms with E-state index < -0.39 is 0 Å². The van der Waals surface area contributed by atoms with Gasteiger partial charge in [0.15, 0.2) is 0 Å². The van der Waals surface area contributed by atoms with E-state index in [0.29, 0.717) is 12.1 Å². The molecule has 1 N–H and O–H groups in total. The van der Waals surface area contributed by atoms with Gasteiger partial charge in [0, 0.05) is 34.5 Å². The van der Waals surface area contributed by atoms with E-state index in [0.717, 1.165) is 33.6 Å². The van der Waals surface area contributed by atoms with E-state index in [-0.39, 0.29) is 0 Å². The SMILES string of the molecule is Cc1cc(Br)ccc1Oc1ncc(CNC2CC2)c(C)n1. The predicted octanol–water partition coefficient (Wildman–Crippen LogP) is 3.90. The monoisotopic (exact) mass is 347 g/mol. The lowest BCUT2D eigenvalue weighted by Gasteiger charge is -2.10. The van der Waals surface area contributed by atoms with E-state index in [1.54, 1.807) is 0 Å². The highest BCUT2D eigenvalue weighted by molar-refractivity contribution is 9.10. The molecule has 1 fully saturated rings. The summed E-state index contributed by atoms with van der Waals surface area (Å²) in [6.45, 7) is 4.82. The molecule has 0 atom stereocenters. The van der Waals surface area contributed by atoms with Crippen LogP contribution in [0.4, 0.5) is 0 Å². The molecular formula is C16H18BrN3O. The standard InChI is InChI=1S/C16H18BrN3O/c1-10-7-13(17)3-6-15(10)21-16-19-9-12(11(2)20-16)8-18-14-4-5-14/h3,6-7,9,14,18H,4-5,8H2,1-2H3. The minimum atomic E-state index is 0.396. The van der Waals surface area contributed by atoms with E-state index in [9.17, 15) is 0 Å². The fraction of sp³-hybridized carbons (Fsp3) is 0.375. The van der Waals surface area contributed by atoms with Crippen molar-refractivity contribution in [3.05, 3.63) is 45.7 Å². The van der Waals surface area contributed by atoms with Crippen LogP contribution < -0.4 is 10.1 Å². The number of nitrogens with one attached hydrogen (secondary N) is 1. The molecule has 21 heavy (non-hydrogen) atoms. The lowest BCUT2D eigenvalue weighted by Crippen LogP contribution is -2.16. The van der Waals surface area contributed by atoms with Crippen LogP contribution >= 0.6 is 15.9 Å². The van der Waals surface area contributed by atoms with Gasteiger partial charge in [0.25, 0.3) is 0 Å². The molecule has 1 aromatic heterocycles. The van der Waals surface area contributed by atoms with Crippen molar-refractivity contribution >= 4 is 15.9 Å². The molecule has 1 saturated carbocycles. The summed E-state index contributed by atoms with van der Waals surface area (Å²) in [7, 11) is 0. The summed E-state index contributed by atoms with van der Waals surface area (Å²) in [5, 5.41) is 3.47. The molecule has 0 spiro atoms. The maximum Gasteiger partial charge on any atom is 0.322 e. The van der Waals surface area contributed by atoms with Gasteiger partial charge < -0.3 is 10.1 Å². The summed E-state index contributed by atoms with van der Waals surface area (Å²) in [6, 6.07) is 6.96. The summed E-state index contributed by atoms with van der Waals surface area (Å²) in [6.07, 6.45) is 4.41. The average Bonchev–Trinajstić information content (AvgIpc) is 3.25. The summed E-state index contributed by atoms with van der Waals surface area (Å²) in [4.78, 5) is 8.76. The Balaban J connectivity index is 1.71. The number of halogens is 1. The van der Waals surface area contributed by atoms with E-state index in [4.69, 9.17) is 4.74 Å². The first kappa shape index (κ1) is 14.5. The van der Waals surface area contributed by atoms with Crippen LogP contribution in [0, 0.1) is 13.8 Å². The fourth-order valence-corrected chi connectivity index (χ4v) is 2.54. The number of aryl methyl sites for hydroxylation is 2. The van der Waals surface area contributed by atoms with Crippen molar-refractivity contribution in [3.63, 3.8) is 0 Å². The first-order chi connectivity index (χ1) is 10.1. The molecule has 110 valence electrons. The molecule has 2 aromatic rings. The molecule has 4 nitrogen and oxygen atoms in total. The van der Waals surface area contributed by atoms with Crippen molar-refractivity contribution in [2.24, 2.45) is 0 Å². The topological polar surface area (TPSA) is 47.0 Å². The zero-order valence-corrected chi connectivity index (χ0v) is 13.8. The van der Waals surface area contributed by atoms with Crippen LogP contribution in [0.3, 0.4) is 0 Å². The predicted molar refractivity (Wildman–Crippen MR) is 85.6 cm³/mol. The van der Waals surface area contributed by atoms with Crippen LogP contribution in [0.2, 0.25) is 0 Å². The number of aromatic nitrogens is 2. The Morgan fingerprint density at radius 1 is 1.33 bits per heavy atom. The molecular weight excluding hydrogens is 330 g/mol. The summed E-state index contributed by atoms with van der Waals surface area (Å²) in [5.74, 6) is 0.779. The minimum Gasteiger partial charge on any atom is -0.424 e. The smallest absolute Gasteiger partial charge is 0.322 e. The van der Waals surface area contributed by atoms with Crippen LogP contribution in [-0.2, 0) is 6.54 Å². The molecule has 0 saturated heterocycles. The molecule has 1 aliphatic rings. The van der Waals surface area contributed by atoms with Gasteiger partial charge in [-0.3, -0.25) is 0 Å². The normalized spacial score (nSPS) is 14.2. The molecule has 0 unspecified atom stereocenters. The molecule has 0 bridgehead atoms. The van der Waals surface area contributed by atoms with Crippen molar-refractivity contribution in [1.82, 2.24) is 15.3 Å². The second-order valence-corrected chi connectivity index (χ2v) is 6.35. The van der Waals surface area contributed by atoms with Gasteiger partial charge in [-0.05, 0) is 50.5 Å². The zero-order valence-electron chi connectivity index (χ0n) is 12.2. The zero-order chi connectivity index (χ0) is 14.8. The quantitative estimate of drug-likeness (QED) is 0.890. The molecule has 1 aromatic carbocycles. The lowest BCUT2D eigenvalue weighted by molar-refractivity contribution is 0.436. The third-order valence-electron chi connectivity index (χ3n) is 3.56. The largest absolute Gasteiger partial charge is 0.424 e. The van der Waals surface area contributed by atoms with E-state index in [1.165, 1.54) is 12.8 Å². The van der Waals surface area contributed by atoms with Gasteiger partial charge in [0.2, 0.25) is 0 Å². The van der Waals surface area contributed by atoms with Crippen molar-refractivity contribution in [3.8, 4) is 11.8 Å². The van der Waals surface area contributed by atoms with Crippen molar-refractivity contribution in [2.45, 2.75) is 39.3 Å². The Morgan fingerprint density at radius 3 is 2.81 bits per heavy atom. The maximum absolute atomic E-state index is 5.77. The highest BCUT2D eigenvalue weighted by Crippen LogP contribution is 2.26. The van der Waals surface area contributed by atoms with Crippen LogP contribution in [0.15, 0.2) is 28.9 Å². The number of benzene rings is 1. The Hall–Kier alpha value is -1.46. The Kier molecular flexibility index (Phi) is 4.22. The molecule has 3 rings (SSSR count). The third kappa shape index (κ3) is 3.80. The van der Waals surface area contributed by atoms with Gasteiger partial charge in [-0.25, -0.2) is 4.98 Å². The number of nitrogens with zero attached hydrogens (tertiary/aromatic N) is 2. The van der Waals surface area contributed by atoms with Crippen LogP contribution in [0.1, 0.15) is 29.7 Å². The van der Waals surface area contributed by atoms with E-state index >= 15 is 0 Å². The molecule has 1 aliphatic carbocycles. The van der Waals surface area contributed by atoms with Crippen molar-refractivity contribution in [2.75, 3.05) is 0 Å². The number of rotatable bonds is 5. The summed E-state index contributed by atoms with van der Waals surface area (Å²) >= 11 is 3.44. The van der Waals surface area contributed by atoms with Crippen molar-refractivity contribution < 1.29 is 4.74 Å². The number of hydrogen-bond donors (Lipinski definition) is 1.